The van der Waals surface area contributed by atoms with Gasteiger partial charge in [0, 0.05) is 23.6 Å². The minimum Gasteiger partial charge on any atom is -0.507 e. The van der Waals surface area contributed by atoms with E-state index in [0.717, 1.165) is 5.56 Å². The molecule has 1 N–H and O–H groups in total. The Hall–Kier alpha value is -4.62. The summed E-state index contributed by atoms with van der Waals surface area (Å²) in [6.07, 6.45) is 3.16. The average molecular weight is 527 g/mol. The monoisotopic (exact) mass is 526 g/mol. The molecule has 0 bridgehead atoms. The number of hydrogen-bond donors (Lipinski definition) is 1. The molecule has 8 heteroatoms. The highest BCUT2D eigenvalue weighted by Gasteiger charge is 2.47. The number of methoxy groups -OCH3 is 1. The van der Waals surface area contributed by atoms with E-state index in [2.05, 4.69) is 4.98 Å². The first kappa shape index (κ1) is 25.0. The maximum atomic E-state index is 13.3. The smallest absolute Gasteiger partial charge is 0.300 e. The molecule has 190 valence electrons. The second-order valence-corrected chi connectivity index (χ2v) is 8.98. The first-order valence-electron chi connectivity index (χ1n) is 11.8. The van der Waals surface area contributed by atoms with E-state index in [-0.39, 0.29) is 11.3 Å². The zero-order chi connectivity index (χ0) is 26.6. The highest BCUT2D eigenvalue weighted by atomic mass is 35.5. The van der Waals surface area contributed by atoms with Gasteiger partial charge in [0.1, 0.15) is 23.9 Å². The molecule has 1 atom stereocenters. The lowest BCUT2D eigenvalue weighted by molar-refractivity contribution is -0.132. The maximum Gasteiger partial charge on any atom is 0.300 e. The van der Waals surface area contributed by atoms with Gasteiger partial charge in [-0.1, -0.05) is 48.0 Å². The molecule has 2 heterocycles. The second kappa shape index (κ2) is 10.8. The van der Waals surface area contributed by atoms with Crippen molar-refractivity contribution in [2.75, 3.05) is 12.0 Å². The van der Waals surface area contributed by atoms with Crippen LogP contribution in [-0.2, 0) is 16.2 Å². The standard InChI is InChI=1S/C30H23ClN2O5/c1-37-25-16-20(9-14-24(25)31)28(34)26-27(21-8-5-15-32-17-21)33(30(36)29(26)35)22-10-12-23(13-11-22)38-18-19-6-3-2-4-7-19/h2-17,27,34H,18H2,1H3/b28-26-. The number of aliphatic hydroxyl groups excluding tert-OH is 1. The van der Waals surface area contributed by atoms with Crippen LogP contribution in [0.15, 0.2) is 103 Å². The van der Waals surface area contributed by atoms with Crippen LogP contribution in [0.25, 0.3) is 5.76 Å². The quantitative estimate of drug-likeness (QED) is 0.182. The van der Waals surface area contributed by atoms with Gasteiger partial charge in [-0.15, -0.1) is 0 Å². The molecular formula is C30H23ClN2O5. The molecule has 4 aromatic rings. The molecule has 1 fully saturated rings. The zero-order valence-corrected chi connectivity index (χ0v) is 21.1. The number of amides is 1. The van der Waals surface area contributed by atoms with Gasteiger partial charge in [-0.2, -0.15) is 0 Å². The molecule has 5 rings (SSSR count). The van der Waals surface area contributed by atoms with Crippen molar-refractivity contribution in [3.8, 4) is 11.5 Å². The average Bonchev–Trinajstić information content (AvgIpc) is 3.23. The van der Waals surface area contributed by atoms with E-state index in [1.54, 1.807) is 60.9 Å². The Morgan fingerprint density at radius 3 is 2.45 bits per heavy atom. The van der Waals surface area contributed by atoms with Crippen molar-refractivity contribution in [2.24, 2.45) is 0 Å². The minimum absolute atomic E-state index is 0.0585. The third-order valence-corrected chi connectivity index (χ3v) is 6.54. The molecule has 3 aromatic carbocycles. The van der Waals surface area contributed by atoms with E-state index in [0.29, 0.717) is 39.9 Å². The number of halogens is 1. The maximum absolute atomic E-state index is 13.3. The molecule has 1 unspecified atom stereocenters. The number of aromatic nitrogens is 1. The molecule has 0 saturated carbocycles. The first-order valence-corrected chi connectivity index (χ1v) is 12.2. The molecule has 1 aliphatic rings. The van der Waals surface area contributed by atoms with Crippen LogP contribution in [0.2, 0.25) is 5.02 Å². The number of nitrogens with zero attached hydrogens (tertiary/aromatic N) is 2. The van der Waals surface area contributed by atoms with E-state index < -0.39 is 17.7 Å². The SMILES string of the molecule is COc1cc(/C(O)=C2/C(=O)C(=O)N(c3ccc(OCc4ccccc4)cc3)C2c2cccnc2)ccc1Cl. The van der Waals surface area contributed by atoms with E-state index in [1.165, 1.54) is 18.1 Å². The van der Waals surface area contributed by atoms with Gasteiger partial charge in [-0.25, -0.2) is 0 Å². The largest absolute Gasteiger partial charge is 0.507 e. The fourth-order valence-electron chi connectivity index (χ4n) is 4.36. The summed E-state index contributed by atoms with van der Waals surface area (Å²) in [5.41, 5.74) is 2.30. The molecule has 0 spiro atoms. The number of Topliss-reactive ketones (excluding diaryl/α,β-unsaturated/α-hetero) is 1. The van der Waals surface area contributed by atoms with Crippen LogP contribution in [0.3, 0.4) is 0 Å². The van der Waals surface area contributed by atoms with E-state index in [9.17, 15) is 14.7 Å². The number of aliphatic hydroxyl groups is 1. The summed E-state index contributed by atoms with van der Waals surface area (Å²) < 4.78 is 11.1. The van der Waals surface area contributed by atoms with E-state index in [1.807, 2.05) is 30.3 Å². The van der Waals surface area contributed by atoms with Gasteiger partial charge >= 0.3 is 0 Å². The molecule has 1 saturated heterocycles. The zero-order valence-electron chi connectivity index (χ0n) is 20.4. The van der Waals surface area contributed by atoms with Crippen LogP contribution < -0.4 is 14.4 Å². The Labute approximate surface area is 224 Å². The minimum atomic E-state index is -0.901. The molecule has 0 aliphatic carbocycles. The van der Waals surface area contributed by atoms with Crippen molar-refractivity contribution in [1.29, 1.82) is 0 Å². The molecule has 0 radical (unpaired) electrons. The van der Waals surface area contributed by atoms with Gasteiger partial charge < -0.3 is 14.6 Å². The van der Waals surface area contributed by atoms with Gasteiger partial charge in [-0.05, 0) is 59.7 Å². The topological polar surface area (TPSA) is 89.0 Å². The van der Waals surface area contributed by atoms with Gasteiger partial charge in [0.25, 0.3) is 11.7 Å². The predicted molar refractivity (Wildman–Crippen MR) is 144 cm³/mol. The molecule has 1 amide bonds. The normalized spacial score (nSPS) is 16.5. The summed E-state index contributed by atoms with van der Waals surface area (Å²) in [5, 5.41) is 11.6. The van der Waals surface area contributed by atoms with Gasteiger partial charge in [-0.3, -0.25) is 19.5 Å². The van der Waals surface area contributed by atoms with Crippen LogP contribution in [0.4, 0.5) is 5.69 Å². The Morgan fingerprint density at radius 1 is 1.00 bits per heavy atom. The van der Waals surface area contributed by atoms with Crippen LogP contribution in [0.5, 0.6) is 11.5 Å². The molecule has 38 heavy (non-hydrogen) atoms. The second-order valence-electron chi connectivity index (χ2n) is 8.57. The number of ether oxygens (including phenoxy) is 2. The Bertz CT molecular complexity index is 1510. The third kappa shape index (κ3) is 4.84. The third-order valence-electron chi connectivity index (χ3n) is 6.23. The lowest BCUT2D eigenvalue weighted by Crippen LogP contribution is -2.29. The number of hydrogen-bond acceptors (Lipinski definition) is 6. The van der Waals surface area contributed by atoms with Gasteiger partial charge in [0.15, 0.2) is 0 Å². The van der Waals surface area contributed by atoms with Crippen molar-refractivity contribution in [2.45, 2.75) is 12.6 Å². The number of anilines is 1. The highest BCUT2D eigenvalue weighted by molar-refractivity contribution is 6.51. The fourth-order valence-corrected chi connectivity index (χ4v) is 4.55. The number of pyridine rings is 1. The van der Waals surface area contributed by atoms with E-state index >= 15 is 0 Å². The predicted octanol–water partition coefficient (Wildman–Crippen LogP) is 5.95. The van der Waals surface area contributed by atoms with Gasteiger partial charge in [0.05, 0.1) is 23.7 Å². The fraction of sp³-hybridized carbons (Fsp3) is 0.100. The molecule has 1 aliphatic heterocycles. The summed E-state index contributed by atoms with van der Waals surface area (Å²) in [5.74, 6) is -0.971. The number of benzene rings is 3. The highest BCUT2D eigenvalue weighted by Crippen LogP contribution is 2.42. The van der Waals surface area contributed by atoms with Crippen LogP contribution >= 0.6 is 11.6 Å². The van der Waals surface area contributed by atoms with Crippen molar-refractivity contribution in [1.82, 2.24) is 4.98 Å². The Balaban J connectivity index is 1.53. The Morgan fingerprint density at radius 2 is 1.76 bits per heavy atom. The lowest BCUT2D eigenvalue weighted by Gasteiger charge is -2.25. The van der Waals surface area contributed by atoms with Crippen molar-refractivity contribution in [3.63, 3.8) is 0 Å². The first-order chi connectivity index (χ1) is 18.5. The summed E-state index contributed by atoms with van der Waals surface area (Å²) in [6.45, 7) is 0.394. The summed E-state index contributed by atoms with van der Waals surface area (Å²) in [6, 6.07) is 23.9. The van der Waals surface area contributed by atoms with Crippen molar-refractivity contribution in [3.05, 3.63) is 125 Å². The van der Waals surface area contributed by atoms with Crippen molar-refractivity contribution >= 4 is 34.7 Å². The van der Waals surface area contributed by atoms with Crippen molar-refractivity contribution < 1.29 is 24.2 Å². The molecule has 7 nitrogen and oxygen atoms in total. The van der Waals surface area contributed by atoms with Crippen LogP contribution in [-0.4, -0.2) is 28.9 Å². The number of ketones is 1. The van der Waals surface area contributed by atoms with Crippen LogP contribution in [0, 0.1) is 0 Å². The molecule has 1 aromatic heterocycles. The number of carbonyl (C=O) groups is 2. The van der Waals surface area contributed by atoms with Crippen LogP contribution in [0.1, 0.15) is 22.7 Å². The van der Waals surface area contributed by atoms with Gasteiger partial charge in [0.2, 0.25) is 0 Å². The number of carbonyl (C=O) groups excluding carboxylic acids is 2. The summed E-state index contributed by atoms with van der Waals surface area (Å²) in [7, 11) is 1.45. The van der Waals surface area contributed by atoms with E-state index in [4.69, 9.17) is 21.1 Å². The number of rotatable bonds is 7. The molecular weight excluding hydrogens is 504 g/mol. The lowest BCUT2D eigenvalue weighted by atomic mass is 9.96. The Kier molecular flexibility index (Phi) is 7.11. The summed E-state index contributed by atoms with van der Waals surface area (Å²) >= 11 is 6.14. The summed E-state index contributed by atoms with van der Waals surface area (Å²) in [4.78, 5) is 32.2.